The lowest BCUT2D eigenvalue weighted by Gasteiger charge is -2.14. The molecule has 0 aliphatic carbocycles. The van der Waals surface area contributed by atoms with Crippen LogP contribution in [-0.2, 0) is 6.42 Å². The highest BCUT2D eigenvalue weighted by atomic mass is 16.5. The van der Waals surface area contributed by atoms with Gasteiger partial charge in [0.25, 0.3) is 0 Å². The Morgan fingerprint density at radius 3 is 2.68 bits per heavy atom. The molecule has 34 heavy (non-hydrogen) atoms. The molecule has 0 saturated heterocycles. The predicted molar refractivity (Wildman–Crippen MR) is 132 cm³/mol. The summed E-state index contributed by atoms with van der Waals surface area (Å²) < 4.78 is 5.08. The van der Waals surface area contributed by atoms with E-state index in [1.807, 2.05) is 25.1 Å². The van der Waals surface area contributed by atoms with Crippen molar-refractivity contribution < 1.29 is 14.6 Å². The molecule has 0 spiro atoms. The molecule has 0 bridgehead atoms. The molecule has 2 aromatic heterocycles. The number of nitrogens with one attached hydrogen (secondary N) is 2. The normalized spacial score (nSPS) is 11.7. The summed E-state index contributed by atoms with van der Waals surface area (Å²) in [6.45, 7) is 1.99. The Morgan fingerprint density at radius 2 is 1.91 bits per heavy atom. The number of nitrogens with zero attached hydrogens (tertiary/aromatic N) is 3. The summed E-state index contributed by atoms with van der Waals surface area (Å²) in [4.78, 5) is 25.8. The number of hydrogen-bond acceptors (Lipinski definition) is 6. The van der Waals surface area contributed by atoms with E-state index in [1.165, 1.54) is 12.7 Å². The molecule has 0 radical (unpaired) electrons. The van der Waals surface area contributed by atoms with Crippen LogP contribution >= 0.6 is 0 Å². The maximum absolute atomic E-state index is 12.4. The summed E-state index contributed by atoms with van der Waals surface area (Å²) in [5.41, 5.74) is 3.51. The summed E-state index contributed by atoms with van der Waals surface area (Å²) in [5.74, 6) is 0.771. The number of hydrogen-bond donors (Lipinski definition) is 3. The smallest absolute Gasteiger partial charge is 0.320 e. The SMILES string of the molecule is COc1ccc(-c2cnc3ccc(NC(=O)NC(C)CCCc4ccccc4)nc3n2)cc1O. The van der Waals surface area contributed by atoms with Gasteiger partial charge >= 0.3 is 6.03 Å². The Kier molecular flexibility index (Phi) is 7.17. The molecular weight excluding hydrogens is 430 g/mol. The molecule has 4 aromatic rings. The second-order valence-electron chi connectivity index (χ2n) is 8.06. The van der Waals surface area contributed by atoms with Crippen molar-refractivity contribution >= 4 is 23.0 Å². The zero-order chi connectivity index (χ0) is 23.9. The molecule has 2 heterocycles. The lowest BCUT2D eigenvalue weighted by Crippen LogP contribution is -2.36. The number of ether oxygens (including phenoxy) is 1. The van der Waals surface area contributed by atoms with E-state index in [4.69, 9.17) is 4.74 Å². The number of phenolic OH excluding ortho intramolecular Hbond substituents is 1. The molecule has 1 atom stereocenters. The lowest BCUT2D eigenvalue weighted by molar-refractivity contribution is 0.248. The first-order chi connectivity index (χ1) is 16.5. The van der Waals surface area contributed by atoms with Gasteiger partial charge in [0.05, 0.1) is 19.0 Å². The van der Waals surface area contributed by atoms with Crippen LogP contribution in [0.15, 0.2) is 66.9 Å². The van der Waals surface area contributed by atoms with Gasteiger partial charge in [-0.25, -0.2) is 14.8 Å². The second kappa shape index (κ2) is 10.6. The van der Waals surface area contributed by atoms with E-state index in [0.29, 0.717) is 34.0 Å². The van der Waals surface area contributed by atoms with Gasteiger partial charge in [-0.1, -0.05) is 30.3 Å². The first-order valence-corrected chi connectivity index (χ1v) is 11.1. The number of phenols is 1. The number of anilines is 1. The standard InChI is InChI=1S/C26H27N5O3/c1-17(7-6-10-18-8-4-3-5-9-18)28-26(33)31-24-14-12-20-25(30-24)29-21(16-27-20)19-11-13-23(34-2)22(32)15-19/h3-5,8-9,11-17,32H,6-7,10H2,1-2H3,(H2,28,29,30,31,33). The number of benzene rings is 2. The maximum atomic E-state index is 12.4. The summed E-state index contributed by atoms with van der Waals surface area (Å²) in [5, 5.41) is 15.8. The lowest BCUT2D eigenvalue weighted by atomic mass is 10.1. The highest BCUT2D eigenvalue weighted by Gasteiger charge is 2.11. The number of methoxy groups -OCH3 is 1. The molecule has 8 nitrogen and oxygen atoms in total. The van der Waals surface area contributed by atoms with Gasteiger partial charge in [0.1, 0.15) is 11.3 Å². The fraction of sp³-hybridized carbons (Fsp3) is 0.231. The topological polar surface area (TPSA) is 109 Å². The number of aryl methyl sites for hydroxylation is 1. The summed E-state index contributed by atoms with van der Waals surface area (Å²) in [6, 6.07) is 18.5. The van der Waals surface area contributed by atoms with E-state index in [0.717, 1.165) is 19.3 Å². The fourth-order valence-corrected chi connectivity index (χ4v) is 3.66. The van der Waals surface area contributed by atoms with E-state index in [-0.39, 0.29) is 17.8 Å². The summed E-state index contributed by atoms with van der Waals surface area (Å²) in [7, 11) is 1.49. The van der Waals surface area contributed by atoms with Crippen molar-refractivity contribution in [2.45, 2.75) is 32.2 Å². The average molecular weight is 458 g/mol. The number of carbonyl (C=O) groups excluding carboxylic acids is 1. The van der Waals surface area contributed by atoms with Crippen LogP contribution in [-0.4, -0.2) is 39.2 Å². The van der Waals surface area contributed by atoms with Gasteiger partial charge < -0.3 is 15.2 Å². The Hall–Kier alpha value is -4.20. The molecule has 0 aliphatic rings. The Bertz CT molecular complexity index is 1280. The zero-order valence-electron chi connectivity index (χ0n) is 19.2. The molecule has 174 valence electrons. The number of fused-ring (bicyclic) bond motifs is 1. The van der Waals surface area contributed by atoms with Crippen molar-refractivity contribution in [3.05, 3.63) is 72.4 Å². The molecule has 2 aromatic carbocycles. The van der Waals surface area contributed by atoms with Crippen LogP contribution < -0.4 is 15.4 Å². The van der Waals surface area contributed by atoms with Crippen LogP contribution in [0.25, 0.3) is 22.4 Å². The summed E-state index contributed by atoms with van der Waals surface area (Å²) >= 11 is 0. The van der Waals surface area contributed by atoms with Crippen LogP contribution in [0.3, 0.4) is 0 Å². The maximum Gasteiger partial charge on any atom is 0.320 e. The van der Waals surface area contributed by atoms with E-state index in [9.17, 15) is 9.90 Å². The molecular formula is C26H27N5O3. The molecule has 0 fully saturated rings. The predicted octanol–water partition coefficient (Wildman–Crippen LogP) is 4.94. The van der Waals surface area contributed by atoms with Gasteiger partial charge in [0.2, 0.25) is 0 Å². The van der Waals surface area contributed by atoms with Crippen molar-refractivity contribution in [3.63, 3.8) is 0 Å². The van der Waals surface area contributed by atoms with E-state index in [2.05, 4.69) is 37.7 Å². The first kappa shape index (κ1) is 23.0. The van der Waals surface area contributed by atoms with Gasteiger partial charge in [-0.3, -0.25) is 10.3 Å². The molecule has 0 aliphatic heterocycles. The van der Waals surface area contributed by atoms with Gasteiger partial charge in [0.15, 0.2) is 17.1 Å². The van der Waals surface area contributed by atoms with Crippen molar-refractivity contribution in [2.75, 3.05) is 12.4 Å². The minimum absolute atomic E-state index is 0.0137. The molecule has 8 heteroatoms. The van der Waals surface area contributed by atoms with Crippen molar-refractivity contribution in [3.8, 4) is 22.8 Å². The molecule has 2 amide bonds. The number of amides is 2. The highest BCUT2D eigenvalue weighted by Crippen LogP contribution is 2.30. The van der Waals surface area contributed by atoms with Crippen LogP contribution in [0.1, 0.15) is 25.3 Å². The van der Waals surface area contributed by atoms with Gasteiger partial charge in [0, 0.05) is 11.6 Å². The van der Waals surface area contributed by atoms with Crippen LogP contribution in [0.4, 0.5) is 10.6 Å². The second-order valence-corrected chi connectivity index (χ2v) is 8.06. The van der Waals surface area contributed by atoms with Crippen LogP contribution in [0, 0.1) is 0 Å². The molecule has 4 rings (SSSR count). The number of pyridine rings is 1. The Labute approximate surface area is 198 Å². The Morgan fingerprint density at radius 1 is 1.09 bits per heavy atom. The van der Waals surface area contributed by atoms with Crippen molar-refractivity contribution in [1.29, 1.82) is 0 Å². The number of aromatic hydroxyl groups is 1. The Balaban J connectivity index is 1.37. The third-order valence-corrected chi connectivity index (χ3v) is 5.45. The number of rotatable bonds is 8. The van der Waals surface area contributed by atoms with Gasteiger partial charge in [-0.15, -0.1) is 0 Å². The van der Waals surface area contributed by atoms with E-state index >= 15 is 0 Å². The van der Waals surface area contributed by atoms with Crippen molar-refractivity contribution in [1.82, 2.24) is 20.3 Å². The molecule has 0 saturated carbocycles. The fourth-order valence-electron chi connectivity index (χ4n) is 3.66. The quantitative estimate of drug-likeness (QED) is 0.346. The number of urea groups is 1. The van der Waals surface area contributed by atoms with Gasteiger partial charge in [-0.05, 0) is 62.1 Å². The average Bonchev–Trinajstić information content (AvgIpc) is 2.84. The first-order valence-electron chi connectivity index (χ1n) is 11.1. The van der Waals surface area contributed by atoms with Crippen LogP contribution in [0.2, 0.25) is 0 Å². The van der Waals surface area contributed by atoms with Crippen LogP contribution in [0.5, 0.6) is 11.5 Å². The largest absolute Gasteiger partial charge is 0.504 e. The van der Waals surface area contributed by atoms with E-state index < -0.39 is 0 Å². The monoisotopic (exact) mass is 457 g/mol. The highest BCUT2D eigenvalue weighted by molar-refractivity contribution is 5.89. The van der Waals surface area contributed by atoms with Crippen molar-refractivity contribution in [2.24, 2.45) is 0 Å². The molecule has 1 unspecified atom stereocenters. The third kappa shape index (κ3) is 5.78. The molecule has 3 N–H and O–H groups in total. The minimum atomic E-state index is -0.316. The minimum Gasteiger partial charge on any atom is -0.504 e. The number of aromatic nitrogens is 3. The summed E-state index contributed by atoms with van der Waals surface area (Å²) in [6.07, 6.45) is 4.45. The third-order valence-electron chi connectivity index (χ3n) is 5.45. The zero-order valence-corrected chi connectivity index (χ0v) is 19.2. The van der Waals surface area contributed by atoms with Gasteiger partial charge in [-0.2, -0.15) is 0 Å². The van der Waals surface area contributed by atoms with E-state index in [1.54, 1.807) is 36.5 Å². The number of carbonyl (C=O) groups is 1.